The fraction of sp³-hybridized carbons (Fsp3) is 0.550. The van der Waals surface area contributed by atoms with E-state index in [4.69, 9.17) is 0 Å². The maximum atomic E-state index is 12.9. The molecule has 7 heteroatoms. The molecule has 1 aliphatic rings. The number of benzene rings is 1. The van der Waals surface area contributed by atoms with Gasteiger partial charge in [0.05, 0.1) is 16.8 Å². The monoisotopic (exact) mass is 388 g/mol. The summed E-state index contributed by atoms with van der Waals surface area (Å²) in [7, 11) is 0. The zero-order chi connectivity index (χ0) is 19.2. The molecule has 146 valence electrons. The van der Waals surface area contributed by atoms with Crippen molar-refractivity contribution in [3.05, 3.63) is 30.1 Å². The maximum absolute atomic E-state index is 12.9. The minimum atomic E-state index is 0.0294. The predicted molar refractivity (Wildman–Crippen MR) is 110 cm³/mol. The van der Waals surface area contributed by atoms with Crippen LogP contribution in [-0.4, -0.2) is 52.2 Å². The quantitative estimate of drug-likeness (QED) is 0.792. The first-order valence-corrected chi connectivity index (χ1v) is 11.0. The lowest BCUT2D eigenvalue weighted by Gasteiger charge is -2.31. The Kier molecular flexibility index (Phi) is 6.77. The molecule has 1 aromatic carbocycles. The number of amides is 2. The van der Waals surface area contributed by atoms with E-state index < -0.39 is 0 Å². The van der Waals surface area contributed by atoms with Gasteiger partial charge in [-0.25, -0.2) is 4.98 Å². The Morgan fingerprint density at radius 3 is 2.70 bits per heavy atom. The molecule has 1 aromatic heterocycles. The summed E-state index contributed by atoms with van der Waals surface area (Å²) in [5.74, 6) is 1.98. The van der Waals surface area contributed by atoms with Crippen LogP contribution in [0.3, 0.4) is 0 Å². The molecular formula is C20H28N4O2S. The molecule has 1 aliphatic heterocycles. The van der Waals surface area contributed by atoms with Crippen LogP contribution >= 0.6 is 11.8 Å². The maximum Gasteiger partial charge on any atom is 0.242 e. The number of rotatable bonds is 7. The van der Waals surface area contributed by atoms with Crippen molar-refractivity contribution in [1.29, 1.82) is 0 Å². The van der Waals surface area contributed by atoms with Crippen molar-refractivity contribution in [2.75, 3.05) is 25.9 Å². The SMILES string of the molecule is CCCNC(=O)C1CCN(C(=O)Cn2c(CSC)nc3ccccc32)CC1. The highest BCUT2D eigenvalue weighted by Crippen LogP contribution is 2.21. The van der Waals surface area contributed by atoms with E-state index in [9.17, 15) is 9.59 Å². The molecule has 2 aromatic rings. The van der Waals surface area contributed by atoms with Gasteiger partial charge in [-0.15, -0.1) is 0 Å². The number of carbonyl (C=O) groups is 2. The van der Waals surface area contributed by atoms with Crippen molar-refractivity contribution in [3.8, 4) is 0 Å². The molecule has 1 saturated heterocycles. The Morgan fingerprint density at radius 1 is 1.26 bits per heavy atom. The van der Waals surface area contributed by atoms with Crippen molar-refractivity contribution in [2.45, 2.75) is 38.5 Å². The van der Waals surface area contributed by atoms with Gasteiger partial charge in [0.2, 0.25) is 11.8 Å². The molecule has 1 fully saturated rings. The number of nitrogens with one attached hydrogen (secondary N) is 1. The Labute approximate surface area is 164 Å². The lowest BCUT2D eigenvalue weighted by Crippen LogP contribution is -2.44. The van der Waals surface area contributed by atoms with E-state index in [1.54, 1.807) is 11.8 Å². The van der Waals surface area contributed by atoms with E-state index in [-0.39, 0.29) is 17.7 Å². The minimum Gasteiger partial charge on any atom is -0.356 e. The lowest BCUT2D eigenvalue weighted by atomic mass is 9.96. The van der Waals surface area contributed by atoms with Crippen molar-refractivity contribution in [2.24, 2.45) is 5.92 Å². The second-order valence-corrected chi connectivity index (χ2v) is 7.85. The Bertz CT molecular complexity index is 796. The van der Waals surface area contributed by atoms with E-state index >= 15 is 0 Å². The highest BCUT2D eigenvalue weighted by atomic mass is 32.2. The summed E-state index contributed by atoms with van der Waals surface area (Å²) >= 11 is 1.70. The lowest BCUT2D eigenvalue weighted by molar-refractivity contribution is -0.136. The van der Waals surface area contributed by atoms with Crippen LogP contribution < -0.4 is 5.32 Å². The first-order valence-electron chi connectivity index (χ1n) is 9.62. The van der Waals surface area contributed by atoms with E-state index in [0.717, 1.165) is 48.4 Å². The summed E-state index contributed by atoms with van der Waals surface area (Å²) < 4.78 is 2.04. The Morgan fingerprint density at radius 2 is 2.00 bits per heavy atom. The van der Waals surface area contributed by atoms with Gasteiger partial charge in [0, 0.05) is 25.6 Å². The van der Waals surface area contributed by atoms with Crippen molar-refractivity contribution < 1.29 is 9.59 Å². The van der Waals surface area contributed by atoms with E-state index in [2.05, 4.69) is 10.3 Å². The smallest absolute Gasteiger partial charge is 0.242 e. The van der Waals surface area contributed by atoms with Crippen molar-refractivity contribution >= 4 is 34.6 Å². The predicted octanol–water partition coefficient (Wildman–Crippen LogP) is 2.66. The van der Waals surface area contributed by atoms with Gasteiger partial charge in [0.15, 0.2) is 0 Å². The van der Waals surface area contributed by atoms with Crippen LogP contribution in [0.4, 0.5) is 0 Å². The molecule has 0 aliphatic carbocycles. The number of hydrogen-bond donors (Lipinski definition) is 1. The van der Waals surface area contributed by atoms with Gasteiger partial charge in [0.1, 0.15) is 12.4 Å². The summed E-state index contributed by atoms with van der Waals surface area (Å²) in [4.78, 5) is 31.6. The zero-order valence-corrected chi connectivity index (χ0v) is 16.9. The fourth-order valence-corrected chi connectivity index (χ4v) is 4.04. The summed E-state index contributed by atoms with van der Waals surface area (Å²) in [6, 6.07) is 7.96. The van der Waals surface area contributed by atoms with Gasteiger partial charge in [-0.1, -0.05) is 19.1 Å². The van der Waals surface area contributed by atoms with Gasteiger partial charge in [-0.05, 0) is 37.7 Å². The van der Waals surface area contributed by atoms with Crippen LogP contribution in [0.25, 0.3) is 11.0 Å². The third-order valence-electron chi connectivity index (χ3n) is 5.07. The molecule has 0 bridgehead atoms. The molecule has 0 atom stereocenters. The minimum absolute atomic E-state index is 0.0294. The average molecular weight is 389 g/mol. The molecule has 3 rings (SSSR count). The number of fused-ring (bicyclic) bond motifs is 1. The van der Waals surface area contributed by atoms with E-state index in [1.165, 1.54) is 0 Å². The number of para-hydroxylation sites is 2. The summed E-state index contributed by atoms with van der Waals surface area (Å²) in [5.41, 5.74) is 1.93. The summed E-state index contributed by atoms with van der Waals surface area (Å²) in [6.45, 7) is 4.38. The molecule has 2 heterocycles. The number of imidazole rings is 1. The van der Waals surface area contributed by atoms with Gasteiger partial charge in [0.25, 0.3) is 0 Å². The molecular weight excluding hydrogens is 360 g/mol. The number of aromatic nitrogens is 2. The van der Waals surface area contributed by atoms with Crippen LogP contribution in [-0.2, 0) is 21.9 Å². The number of thioether (sulfide) groups is 1. The summed E-state index contributed by atoms with van der Waals surface area (Å²) in [5, 5.41) is 2.97. The topological polar surface area (TPSA) is 67.2 Å². The second-order valence-electron chi connectivity index (χ2n) is 6.98. The van der Waals surface area contributed by atoms with Gasteiger partial charge < -0.3 is 14.8 Å². The van der Waals surface area contributed by atoms with Crippen LogP contribution in [0.2, 0.25) is 0 Å². The molecule has 0 unspecified atom stereocenters. The highest BCUT2D eigenvalue weighted by molar-refractivity contribution is 7.97. The van der Waals surface area contributed by atoms with Crippen LogP contribution in [0.15, 0.2) is 24.3 Å². The first-order chi connectivity index (χ1) is 13.1. The number of hydrogen-bond acceptors (Lipinski definition) is 4. The largest absolute Gasteiger partial charge is 0.356 e. The van der Waals surface area contributed by atoms with Gasteiger partial charge in [-0.2, -0.15) is 11.8 Å². The molecule has 6 nitrogen and oxygen atoms in total. The third-order valence-corrected chi connectivity index (χ3v) is 5.61. The number of piperidine rings is 1. The number of likely N-dealkylation sites (tertiary alicyclic amines) is 1. The Hall–Kier alpha value is -2.02. The Balaban J connectivity index is 1.64. The van der Waals surface area contributed by atoms with Crippen LogP contribution in [0, 0.1) is 5.92 Å². The zero-order valence-electron chi connectivity index (χ0n) is 16.1. The standard InChI is InChI=1S/C20H28N4O2S/c1-3-10-21-20(26)15-8-11-23(12-9-15)19(25)13-24-17-7-5-4-6-16(17)22-18(24)14-27-2/h4-7,15H,3,8-14H2,1-2H3,(H,21,26). The normalized spacial score (nSPS) is 15.3. The number of nitrogens with zero attached hydrogens (tertiary/aromatic N) is 3. The van der Waals surface area contributed by atoms with E-state index in [0.29, 0.717) is 19.6 Å². The first kappa shape index (κ1) is 19.7. The van der Waals surface area contributed by atoms with Crippen molar-refractivity contribution in [1.82, 2.24) is 19.8 Å². The van der Waals surface area contributed by atoms with Crippen LogP contribution in [0.1, 0.15) is 32.0 Å². The number of carbonyl (C=O) groups excluding carboxylic acids is 2. The molecule has 0 saturated carbocycles. The second kappa shape index (κ2) is 9.26. The van der Waals surface area contributed by atoms with Gasteiger partial charge >= 0.3 is 0 Å². The molecule has 0 radical (unpaired) electrons. The molecule has 1 N–H and O–H groups in total. The fourth-order valence-electron chi connectivity index (χ4n) is 3.56. The molecule has 27 heavy (non-hydrogen) atoms. The van der Waals surface area contributed by atoms with Crippen molar-refractivity contribution in [3.63, 3.8) is 0 Å². The van der Waals surface area contributed by atoms with Gasteiger partial charge in [-0.3, -0.25) is 9.59 Å². The molecule has 0 spiro atoms. The highest BCUT2D eigenvalue weighted by Gasteiger charge is 2.27. The van der Waals surface area contributed by atoms with Crippen LogP contribution in [0.5, 0.6) is 0 Å². The van der Waals surface area contributed by atoms with E-state index in [1.807, 2.05) is 46.9 Å². The molecule has 2 amide bonds. The summed E-state index contributed by atoms with van der Waals surface area (Å²) in [6.07, 6.45) is 4.47. The third kappa shape index (κ3) is 4.64. The average Bonchev–Trinajstić information content (AvgIpc) is 3.04.